The highest BCUT2D eigenvalue weighted by atomic mass is 32.1. The van der Waals surface area contributed by atoms with Crippen LogP contribution in [0, 0.1) is 10.1 Å². The van der Waals surface area contributed by atoms with Crippen LogP contribution < -0.4 is 5.32 Å². The number of hydrogen-bond acceptors (Lipinski definition) is 5. The Balaban J connectivity index is 1.68. The predicted octanol–water partition coefficient (Wildman–Crippen LogP) is 3.33. The predicted molar refractivity (Wildman–Crippen MR) is 90.4 cm³/mol. The number of nitrogens with one attached hydrogen (secondary N) is 1. The Kier molecular flexibility index (Phi) is 4.39. The van der Waals surface area contributed by atoms with Crippen LogP contribution in [0.5, 0.6) is 0 Å². The van der Waals surface area contributed by atoms with Gasteiger partial charge in [0, 0.05) is 24.1 Å². The lowest BCUT2D eigenvalue weighted by Gasteiger charge is -2.14. The van der Waals surface area contributed by atoms with Gasteiger partial charge < -0.3 is 9.88 Å². The van der Waals surface area contributed by atoms with Gasteiger partial charge in [0.25, 0.3) is 5.91 Å². The van der Waals surface area contributed by atoms with E-state index in [0.717, 1.165) is 22.6 Å². The van der Waals surface area contributed by atoms with Crippen molar-refractivity contribution in [1.82, 2.24) is 14.9 Å². The molecule has 24 heavy (non-hydrogen) atoms. The Labute approximate surface area is 141 Å². The first kappa shape index (κ1) is 15.9. The van der Waals surface area contributed by atoms with Crippen LogP contribution in [0.2, 0.25) is 0 Å². The van der Waals surface area contributed by atoms with Gasteiger partial charge in [-0.15, -0.1) is 0 Å². The summed E-state index contributed by atoms with van der Waals surface area (Å²) in [6.45, 7) is 1.87. The van der Waals surface area contributed by atoms with Crippen molar-refractivity contribution in [3.63, 3.8) is 0 Å². The summed E-state index contributed by atoms with van der Waals surface area (Å²) in [4.78, 5) is 26.7. The van der Waals surface area contributed by atoms with Crippen molar-refractivity contribution in [2.45, 2.75) is 13.0 Å². The quantitative estimate of drug-likeness (QED) is 0.569. The summed E-state index contributed by atoms with van der Waals surface area (Å²) >= 11 is 0.866. The van der Waals surface area contributed by atoms with Crippen LogP contribution in [0.4, 0.5) is 5.00 Å². The number of hydrogen-bond donors (Lipinski definition) is 1. The third-order valence-electron chi connectivity index (χ3n) is 3.54. The Morgan fingerprint density at radius 2 is 2.04 bits per heavy atom. The number of nitro groups is 1. The van der Waals surface area contributed by atoms with Gasteiger partial charge in [0.05, 0.1) is 22.2 Å². The maximum absolute atomic E-state index is 12.2. The molecule has 122 valence electrons. The SMILES string of the molecule is CC(NC(=O)c1ccc([N+](=O)[O-])s1)c1ccc(-n2ccnc2)cc1. The summed E-state index contributed by atoms with van der Waals surface area (Å²) in [6.07, 6.45) is 5.27. The number of amides is 1. The number of thiophene rings is 1. The van der Waals surface area contributed by atoms with Gasteiger partial charge >= 0.3 is 5.00 Å². The maximum Gasteiger partial charge on any atom is 0.324 e. The van der Waals surface area contributed by atoms with Gasteiger partial charge in [-0.1, -0.05) is 23.5 Å². The fourth-order valence-corrected chi connectivity index (χ4v) is 2.97. The van der Waals surface area contributed by atoms with Crippen molar-refractivity contribution in [3.8, 4) is 5.69 Å². The van der Waals surface area contributed by atoms with Crippen molar-refractivity contribution < 1.29 is 9.72 Å². The molecule has 1 unspecified atom stereocenters. The van der Waals surface area contributed by atoms with Crippen LogP contribution in [0.25, 0.3) is 5.69 Å². The largest absolute Gasteiger partial charge is 0.345 e. The van der Waals surface area contributed by atoms with E-state index >= 15 is 0 Å². The maximum atomic E-state index is 12.2. The number of carbonyl (C=O) groups excluding carboxylic acids is 1. The van der Waals surface area contributed by atoms with E-state index in [0.29, 0.717) is 4.88 Å². The van der Waals surface area contributed by atoms with E-state index in [9.17, 15) is 14.9 Å². The Bertz CT molecular complexity index is 856. The second-order valence-corrected chi connectivity index (χ2v) is 6.21. The molecule has 2 aromatic heterocycles. The molecule has 2 heterocycles. The summed E-state index contributed by atoms with van der Waals surface area (Å²) in [5.74, 6) is -0.320. The highest BCUT2D eigenvalue weighted by Crippen LogP contribution is 2.24. The number of rotatable bonds is 5. The van der Waals surface area contributed by atoms with Crippen LogP contribution in [0.3, 0.4) is 0 Å². The number of imidazole rings is 1. The monoisotopic (exact) mass is 342 g/mol. The summed E-state index contributed by atoms with van der Waals surface area (Å²) in [5, 5.41) is 13.5. The topological polar surface area (TPSA) is 90.1 Å². The first-order chi connectivity index (χ1) is 11.5. The molecule has 0 radical (unpaired) electrons. The van der Waals surface area contributed by atoms with Crippen molar-refractivity contribution in [3.05, 3.63) is 75.7 Å². The third kappa shape index (κ3) is 3.33. The molecule has 0 bridgehead atoms. The van der Waals surface area contributed by atoms with Gasteiger partial charge in [-0.05, 0) is 30.7 Å². The summed E-state index contributed by atoms with van der Waals surface area (Å²) in [6, 6.07) is 10.3. The van der Waals surface area contributed by atoms with E-state index in [4.69, 9.17) is 0 Å². The first-order valence-electron chi connectivity index (χ1n) is 7.18. The second-order valence-electron chi connectivity index (χ2n) is 5.15. The Hall–Kier alpha value is -3.00. The van der Waals surface area contributed by atoms with Crippen LogP contribution in [0.1, 0.15) is 28.2 Å². The fourth-order valence-electron chi connectivity index (χ4n) is 2.25. The molecule has 7 nitrogen and oxygen atoms in total. The van der Waals surface area contributed by atoms with E-state index in [1.54, 1.807) is 12.5 Å². The molecule has 0 spiro atoms. The van der Waals surface area contributed by atoms with Crippen molar-refractivity contribution >= 4 is 22.2 Å². The standard InChI is InChI=1S/C16H14N4O3S/c1-11(18-16(21)14-6-7-15(24-14)20(22)23)12-2-4-13(5-3-12)19-9-8-17-10-19/h2-11H,1H3,(H,18,21). The molecule has 3 rings (SSSR count). The van der Waals surface area contributed by atoms with Crippen LogP contribution in [-0.2, 0) is 0 Å². The fraction of sp³-hybridized carbons (Fsp3) is 0.125. The Morgan fingerprint density at radius 1 is 1.29 bits per heavy atom. The number of aromatic nitrogens is 2. The van der Waals surface area contributed by atoms with E-state index in [1.165, 1.54) is 12.1 Å². The zero-order chi connectivity index (χ0) is 17.1. The minimum absolute atomic E-state index is 0.0440. The molecule has 0 fully saturated rings. The molecule has 0 aliphatic heterocycles. The third-order valence-corrected chi connectivity index (χ3v) is 4.57. The minimum atomic E-state index is -0.500. The van der Waals surface area contributed by atoms with E-state index in [1.807, 2.05) is 42.0 Å². The van der Waals surface area contributed by atoms with Gasteiger partial charge in [0.1, 0.15) is 0 Å². The van der Waals surface area contributed by atoms with Gasteiger partial charge in [0.15, 0.2) is 0 Å². The molecule has 1 N–H and O–H groups in total. The average molecular weight is 342 g/mol. The Morgan fingerprint density at radius 3 is 2.62 bits per heavy atom. The zero-order valence-electron chi connectivity index (χ0n) is 12.7. The van der Waals surface area contributed by atoms with E-state index in [2.05, 4.69) is 10.3 Å². The average Bonchev–Trinajstić information content (AvgIpc) is 3.26. The molecular weight excluding hydrogens is 328 g/mol. The number of benzene rings is 1. The van der Waals surface area contributed by atoms with Crippen molar-refractivity contribution in [2.75, 3.05) is 0 Å². The lowest BCUT2D eigenvalue weighted by molar-refractivity contribution is -0.380. The van der Waals surface area contributed by atoms with E-state index in [-0.39, 0.29) is 17.0 Å². The number of carbonyl (C=O) groups is 1. The molecule has 0 aliphatic carbocycles. The van der Waals surface area contributed by atoms with Gasteiger partial charge in [-0.3, -0.25) is 14.9 Å². The lowest BCUT2D eigenvalue weighted by atomic mass is 10.1. The number of nitrogens with zero attached hydrogens (tertiary/aromatic N) is 3. The van der Waals surface area contributed by atoms with Gasteiger partial charge in [0.2, 0.25) is 0 Å². The molecular formula is C16H14N4O3S. The molecule has 1 amide bonds. The first-order valence-corrected chi connectivity index (χ1v) is 7.99. The van der Waals surface area contributed by atoms with Gasteiger partial charge in [-0.2, -0.15) is 0 Å². The molecule has 0 saturated carbocycles. The zero-order valence-corrected chi connectivity index (χ0v) is 13.6. The second kappa shape index (κ2) is 6.63. The molecule has 1 aromatic carbocycles. The summed E-state index contributed by atoms with van der Waals surface area (Å²) < 4.78 is 1.89. The molecule has 1 atom stereocenters. The smallest absolute Gasteiger partial charge is 0.324 e. The highest BCUT2D eigenvalue weighted by molar-refractivity contribution is 7.17. The van der Waals surface area contributed by atoms with E-state index < -0.39 is 4.92 Å². The van der Waals surface area contributed by atoms with Crippen LogP contribution in [-0.4, -0.2) is 20.4 Å². The normalized spacial score (nSPS) is 11.9. The highest BCUT2D eigenvalue weighted by Gasteiger charge is 2.17. The molecule has 3 aromatic rings. The lowest BCUT2D eigenvalue weighted by Crippen LogP contribution is -2.25. The van der Waals surface area contributed by atoms with Crippen molar-refractivity contribution in [1.29, 1.82) is 0 Å². The van der Waals surface area contributed by atoms with Gasteiger partial charge in [-0.25, -0.2) is 4.98 Å². The minimum Gasteiger partial charge on any atom is -0.345 e. The van der Waals surface area contributed by atoms with Crippen LogP contribution >= 0.6 is 11.3 Å². The molecule has 0 saturated heterocycles. The summed E-state index contributed by atoms with van der Waals surface area (Å²) in [7, 11) is 0. The van der Waals surface area contributed by atoms with Crippen molar-refractivity contribution in [2.24, 2.45) is 0 Å². The summed E-state index contributed by atoms with van der Waals surface area (Å²) in [5.41, 5.74) is 1.92. The molecule has 0 aliphatic rings. The van der Waals surface area contributed by atoms with Crippen LogP contribution in [0.15, 0.2) is 55.1 Å². The molecule has 8 heteroatoms.